The molecule has 5 heteroatoms. The van der Waals surface area contributed by atoms with Crippen LogP contribution in [0.15, 0.2) is 64.1 Å². The summed E-state index contributed by atoms with van der Waals surface area (Å²) in [4.78, 5) is 13.9. The Morgan fingerprint density at radius 3 is 2.50 bits per heavy atom. The lowest BCUT2D eigenvalue weighted by Crippen LogP contribution is -2.08. The van der Waals surface area contributed by atoms with Gasteiger partial charge in [0.15, 0.2) is 11.5 Å². The summed E-state index contributed by atoms with van der Waals surface area (Å²) >= 11 is 0. The molecule has 1 atom stereocenters. The van der Waals surface area contributed by atoms with Gasteiger partial charge in [-0.05, 0) is 36.5 Å². The Bertz CT molecular complexity index is 988. The zero-order chi connectivity index (χ0) is 18.1. The van der Waals surface area contributed by atoms with Crippen molar-refractivity contribution in [1.82, 2.24) is 5.16 Å². The van der Waals surface area contributed by atoms with E-state index in [9.17, 15) is 9.00 Å². The van der Waals surface area contributed by atoms with Gasteiger partial charge in [0, 0.05) is 22.6 Å². The van der Waals surface area contributed by atoms with Gasteiger partial charge in [-0.2, -0.15) is 0 Å². The molecule has 132 valence electrons. The zero-order valence-electron chi connectivity index (χ0n) is 14.5. The Labute approximate surface area is 154 Å². The smallest absolute Gasteiger partial charge is 0.198 e. The van der Waals surface area contributed by atoms with E-state index in [1.165, 1.54) is 6.20 Å². The van der Waals surface area contributed by atoms with Crippen LogP contribution in [-0.2, 0) is 17.2 Å². The Balaban J connectivity index is 1.70. The predicted octanol–water partition coefficient (Wildman–Crippen LogP) is 4.11. The molecule has 1 aromatic heterocycles. The molecule has 1 saturated carbocycles. The largest absolute Gasteiger partial charge is 0.360 e. The summed E-state index contributed by atoms with van der Waals surface area (Å²) < 4.78 is 17.3. The topological polar surface area (TPSA) is 60.2 Å². The summed E-state index contributed by atoms with van der Waals surface area (Å²) in [5.74, 6) is 0.977. The molecular formula is C21H19NO3S. The molecular weight excluding hydrogens is 346 g/mol. The number of ketones is 1. The first-order chi connectivity index (χ1) is 12.6. The first kappa shape index (κ1) is 16.9. The van der Waals surface area contributed by atoms with Crippen molar-refractivity contribution in [1.29, 1.82) is 0 Å². The summed E-state index contributed by atoms with van der Waals surface area (Å²) in [5.41, 5.74) is 3.10. The van der Waals surface area contributed by atoms with E-state index in [-0.39, 0.29) is 5.78 Å². The van der Waals surface area contributed by atoms with Gasteiger partial charge >= 0.3 is 0 Å². The number of rotatable bonds is 6. The predicted molar refractivity (Wildman–Crippen MR) is 99.9 cm³/mol. The van der Waals surface area contributed by atoms with Crippen molar-refractivity contribution in [2.75, 3.05) is 6.26 Å². The van der Waals surface area contributed by atoms with E-state index >= 15 is 0 Å². The fraction of sp³-hybridized carbons (Fsp3) is 0.238. The number of aromatic nitrogens is 1. The van der Waals surface area contributed by atoms with E-state index in [1.807, 2.05) is 48.5 Å². The summed E-state index contributed by atoms with van der Waals surface area (Å²) in [6.07, 6.45) is 5.86. The van der Waals surface area contributed by atoms with Gasteiger partial charge in [-0.3, -0.25) is 9.00 Å². The quantitative estimate of drug-likeness (QED) is 0.617. The summed E-state index contributed by atoms with van der Waals surface area (Å²) in [6.45, 7) is 0. The van der Waals surface area contributed by atoms with Crippen LogP contribution in [0.3, 0.4) is 0 Å². The molecule has 1 unspecified atom stereocenters. The molecule has 3 aromatic rings. The van der Waals surface area contributed by atoms with E-state index in [4.69, 9.17) is 4.52 Å². The van der Waals surface area contributed by atoms with Gasteiger partial charge in [-0.15, -0.1) is 0 Å². The minimum Gasteiger partial charge on any atom is -0.360 e. The maximum Gasteiger partial charge on any atom is 0.198 e. The van der Waals surface area contributed by atoms with Crippen LogP contribution in [0, 0.1) is 0 Å². The molecule has 1 aliphatic rings. The third-order valence-corrected chi connectivity index (χ3v) is 5.73. The maximum absolute atomic E-state index is 13.1. The molecule has 26 heavy (non-hydrogen) atoms. The lowest BCUT2D eigenvalue weighted by atomic mass is 9.94. The fourth-order valence-corrected chi connectivity index (χ4v) is 4.02. The molecule has 0 spiro atoms. The average molecular weight is 365 g/mol. The van der Waals surface area contributed by atoms with Crippen LogP contribution in [0.1, 0.15) is 51.6 Å². The highest BCUT2D eigenvalue weighted by molar-refractivity contribution is 7.84. The fourth-order valence-electron chi connectivity index (χ4n) is 3.24. The van der Waals surface area contributed by atoms with Crippen LogP contribution >= 0.6 is 0 Å². The second-order valence-corrected chi connectivity index (χ2v) is 7.95. The van der Waals surface area contributed by atoms with Crippen LogP contribution in [-0.4, -0.2) is 21.4 Å². The molecule has 0 amide bonds. The Morgan fingerprint density at radius 1 is 1.08 bits per heavy atom. The van der Waals surface area contributed by atoms with E-state index in [0.29, 0.717) is 29.2 Å². The summed E-state index contributed by atoms with van der Waals surface area (Å²) in [7, 11) is -1.07. The van der Waals surface area contributed by atoms with E-state index in [0.717, 1.165) is 28.9 Å². The molecule has 0 aliphatic heterocycles. The van der Waals surface area contributed by atoms with E-state index in [1.54, 1.807) is 6.26 Å². The van der Waals surface area contributed by atoms with E-state index in [2.05, 4.69) is 5.16 Å². The van der Waals surface area contributed by atoms with Crippen molar-refractivity contribution < 1.29 is 13.5 Å². The van der Waals surface area contributed by atoms with Crippen molar-refractivity contribution in [2.45, 2.75) is 30.1 Å². The van der Waals surface area contributed by atoms with Gasteiger partial charge in [-0.1, -0.05) is 47.6 Å². The van der Waals surface area contributed by atoms with Crippen molar-refractivity contribution >= 4 is 16.6 Å². The monoisotopic (exact) mass is 365 g/mol. The SMILES string of the molecule is CS(=O)c1ccccc1Cc1ccccc1C(=O)c1cnoc1C1CC1. The van der Waals surface area contributed by atoms with Gasteiger partial charge in [0.1, 0.15) is 0 Å². The minimum absolute atomic E-state index is 0.0566. The van der Waals surface area contributed by atoms with Crippen LogP contribution in [0.5, 0.6) is 0 Å². The second kappa shape index (κ2) is 7.00. The lowest BCUT2D eigenvalue weighted by molar-refractivity contribution is 0.103. The summed E-state index contributed by atoms with van der Waals surface area (Å²) in [5, 5.41) is 3.84. The summed E-state index contributed by atoms with van der Waals surface area (Å²) in [6, 6.07) is 15.2. The van der Waals surface area contributed by atoms with Crippen LogP contribution < -0.4 is 0 Å². The van der Waals surface area contributed by atoms with Crippen LogP contribution in [0.4, 0.5) is 0 Å². The van der Waals surface area contributed by atoms with Crippen molar-refractivity contribution in [3.8, 4) is 0 Å². The van der Waals surface area contributed by atoms with Gasteiger partial charge < -0.3 is 4.52 Å². The minimum atomic E-state index is -1.07. The number of hydrogen-bond donors (Lipinski definition) is 0. The third kappa shape index (κ3) is 3.27. The highest BCUT2D eigenvalue weighted by Crippen LogP contribution is 2.42. The van der Waals surface area contributed by atoms with Gasteiger partial charge in [0.25, 0.3) is 0 Å². The molecule has 4 nitrogen and oxygen atoms in total. The average Bonchev–Trinajstić information content (AvgIpc) is 3.38. The second-order valence-electron chi connectivity index (χ2n) is 6.60. The normalized spacial score (nSPS) is 15.0. The van der Waals surface area contributed by atoms with Gasteiger partial charge in [0.2, 0.25) is 0 Å². The Morgan fingerprint density at radius 2 is 1.77 bits per heavy atom. The number of carbonyl (C=O) groups excluding carboxylic acids is 1. The molecule has 0 bridgehead atoms. The number of benzene rings is 2. The Kier molecular flexibility index (Phi) is 4.55. The van der Waals surface area contributed by atoms with Crippen molar-refractivity contribution in [3.05, 3.63) is 82.7 Å². The number of carbonyl (C=O) groups is 1. The molecule has 2 aromatic carbocycles. The molecule has 0 radical (unpaired) electrons. The number of hydrogen-bond acceptors (Lipinski definition) is 4. The zero-order valence-corrected chi connectivity index (χ0v) is 15.3. The first-order valence-electron chi connectivity index (χ1n) is 8.63. The number of nitrogens with zero attached hydrogens (tertiary/aromatic N) is 1. The molecule has 1 aliphatic carbocycles. The van der Waals surface area contributed by atoms with Crippen molar-refractivity contribution in [3.63, 3.8) is 0 Å². The molecule has 0 saturated heterocycles. The molecule has 4 rings (SSSR count). The van der Waals surface area contributed by atoms with Crippen LogP contribution in [0.2, 0.25) is 0 Å². The van der Waals surface area contributed by atoms with Crippen LogP contribution in [0.25, 0.3) is 0 Å². The molecule has 1 heterocycles. The van der Waals surface area contributed by atoms with Gasteiger partial charge in [-0.25, -0.2) is 0 Å². The van der Waals surface area contributed by atoms with E-state index < -0.39 is 10.8 Å². The first-order valence-corrected chi connectivity index (χ1v) is 10.2. The third-order valence-electron chi connectivity index (χ3n) is 4.72. The maximum atomic E-state index is 13.1. The lowest BCUT2D eigenvalue weighted by Gasteiger charge is -2.11. The highest BCUT2D eigenvalue weighted by Gasteiger charge is 2.33. The molecule has 1 fully saturated rings. The molecule has 0 N–H and O–H groups in total. The Hall–Kier alpha value is -2.53. The standard InChI is InChI=1S/C21H19NO3S/c1-26(24)19-9-5-3-7-16(19)12-15-6-2-4-8-17(15)20(23)18-13-22-25-21(18)14-10-11-14/h2-9,13-14H,10-12H2,1H3. The van der Waals surface area contributed by atoms with Gasteiger partial charge in [0.05, 0.1) is 22.6 Å². The highest BCUT2D eigenvalue weighted by atomic mass is 32.2. The van der Waals surface area contributed by atoms with Crippen molar-refractivity contribution in [2.24, 2.45) is 0 Å².